The first-order valence-corrected chi connectivity index (χ1v) is 6.52. The van der Waals surface area contributed by atoms with E-state index in [0.717, 1.165) is 12.0 Å². The van der Waals surface area contributed by atoms with E-state index in [9.17, 15) is 4.39 Å². The number of hydrogen-bond donors (Lipinski definition) is 0. The molecular weight excluding hydrogens is 247 g/mol. The lowest BCUT2D eigenvalue weighted by Gasteiger charge is -2.03. The topological polar surface area (TPSA) is 0 Å². The van der Waals surface area contributed by atoms with Gasteiger partial charge in [-0.25, -0.2) is 4.39 Å². The Balaban J connectivity index is 0.000000771. The highest BCUT2D eigenvalue weighted by Crippen LogP contribution is 2.18. The predicted molar refractivity (Wildman–Crippen MR) is 76.7 cm³/mol. The summed E-state index contributed by atoms with van der Waals surface area (Å²) in [7, 11) is 0. The summed E-state index contributed by atoms with van der Waals surface area (Å²) in [5.41, 5.74) is 3.46. The molecule has 96 valence electrons. The molecule has 0 heterocycles. The molecule has 2 heteroatoms. The third-order valence-corrected chi connectivity index (χ3v) is 2.80. The van der Waals surface area contributed by atoms with Crippen molar-refractivity contribution in [1.29, 1.82) is 0 Å². The lowest BCUT2D eigenvalue weighted by molar-refractivity contribution is 0.627. The van der Waals surface area contributed by atoms with Gasteiger partial charge in [0.2, 0.25) is 0 Å². The number of hydrogen-bond acceptors (Lipinski definition) is 0. The van der Waals surface area contributed by atoms with Crippen LogP contribution in [0.15, 0.2) is 42.5 Å². The summed E-state index contributed by atoms with van der Waals surface area (Å²) in [6, 6.07) is 13.1. The van der Waals surface area contributed by atoms with Gasteiger partial charge in [0.25, 0.3) is 0 Å². The van der Waals surface area contributed by atoms with Crippen molar-refractivity contribution >= 4 is 11.6 Å². The van der Waals surface area contributed by atoms with Gasteiger partial charge in [0, 0.05) is 0 Å². The molecule has 0 saturated heterocycles. The van der Waals surface area contributed by atoms with Crippen molar-refractivity contribution in [1.82, 2.24) is 0 Å². The molecule has 2 rings (SSSR count). The zero-order valence-electron chi connectivity index (χ0n) is 11.0. The number of aryl methyl sites for hydroxylation is 1. The molecule has 0 atom stereocenters. The molecule has 0 N–H and O–H groups in total. The summed E-state index contributed by atoms with van der Waals surface area (Å²) < 4.78 is 13.0. The van der Waals surface area contributed by atoms with Gasteiger partial charge in [-0.15, -0.1) is 0 Å². The van der Waals surface area contributed by atoms with E-state index in [4.69, 9.17) is 11.6 Å². The Kier molecular flexibility index (Phi) is 5.87. The Bertz CT molecular complexity index is 489. The Morgan fingerprint density at radius 2 is 1.50 bits per heavy atom. The Labute approximate surface area is 113 Å². The molecule has 0 fully saturated rings. The lowest BCUT2D eigenvalue weighted by Crippen LogP contribution is -1.89. The molecule has 0 radical (unpaired) electrons. The van der Waals surface area contributed by atoms with Crippen LogP contribution in [0.5, 0.6) is 0 Å². The average molecular weight is 265 g/mol. The zero-order valence-corrected chi connectivity index (χ0v) is 11.8. The summed E-state index contributed by atoms with van der Waals surface area (Å²) >= 11 is 5.73. The minimum absolute atomic E-state index is 0.185. The van der Waals surface area contributed by atoms with Crippen molar-refractivity contribution in [3.63, 3.8) is 0 Å². The van der Waals surface area contributed by atoms with Crippen molar-refractivity contribution in [2.24, 2.45) is 0 Å². The molecule has 0 bridgehead atoms. The molecule has 2 aromatic rings. The smallest absolute Gasteiger partial charge is 0.141 e. The zero-order chi connectivity index (χ0) is 13.5. The third kappa shape index (κ3) is 4.15. The minimum atomic E-state index is -0.366. The van der Waals surface area contributed by atoms with Crippen molar-refractivity contribution in [2.75, 3.05) is 0 Å². The van der Waals surface area contributed by atoms with Gasteiger partial charge < -0.3 is 0 Å². The molecule has 0 aliphatic heterocycles. The fourth-order valence-corrected chi connectivity index (χ4v) is 1.79. The first kappa shape index (κ1) is 14.7. The fraction of sp³-hybridized carbons (Fsp3) is 0.250. The fourth-order valence-electron chi connectivity index (χ4n) is 1.59. The van der Waals surface area contributed by atoms with Crippen molar-refractivity contribution in [2.45, 2.75) is 27.2 Å². The van der Waals surface area contributed by atoms with E-state index in [1.807, 2.05) is 13.8 Å². The average Bonchev–Trinajstić information content (AvgIpc) is 2.39. The van der Waals surface area contributed by atoms with Crippen molar-refractivity contribution < 1.29 is 4.39 Å². The van der Waals surface area contributed by atoms with E-state index in [1.165, 1.54) is 17.2 Å². The van der Waals surface area contributed by atoms with Crippen LogP contribution in [-0.4, -0.2) is 0 Å². The van der Waals surface area contributed by atoms with Gasteiger partial charge in [0.05, 0.1) is 5.02 Å². The summed E-state index contributed by atoms with van der Waals surface area (Å²) in [6.07, 6.45) is 0.778. The van der Waals surface area contributed by atoms with Crippen LogP contribution in [-0.2, 0) is 6.42 Å². The normalized spacial score (nSPS) is 9.61. The number of rotatable bonds is 2. The maximum Gasteiger partial charge on any atom is 0.141 e. The van der Waals surface area contributed by atoms with E-state index < -0.39 is 0 Å². The molecule has 0 saturated carbocycles. The Morgan fingerprint density at radius 1 is 0.944 bits per heavy atom. The molecule has 0 spiro atoms. The van der Waals surface area contributed by atoms with Gasteiger partial charge in [-0.2, -0.15) is 0 Å². The summed E-state index contributed by atoms with van der Waals surface area (Å²) in [6.45, 7) is 6.05. The summed E-state index contributed by atoms with van der Waals surface area (Å²) in [4.78, 5) is 0. The van der Waals surface area contributed by atoms with Crippen LogP contribution in [0.2, 0.25) is 5.02 Å². The molecule has 0 amide bonds. The van der Waals surface area contributed by atoms with Crippen LogP contribution in [0.1, 0.15) is 30.5 Å². The first-order chi connectivity index (χ1) is 8.65. The molecule has 18 heavy (non-hydrogen) atoms. The third-order valence-electron chi connectivity index (χ3n) is 2.51. The summed E-state index contributed by atoms with van der Waals surface area (Å²) in [5.74, 6) is -0.366. The minimum Gasteiger partial charge on any atom is -0.205 e. The van der Waals surface area contributed by atoms with Crippen LogP contribution >= 0.6 is 11.6 Å². The monoisotopic (exact) mass is 264 g/mol. The van der Waals surface area contributed by atoms with Gasteiger partial charge in [0.15, 0.2) is 0 Å². The van der Waals surface area contributed by atoms with Gasteiger partial charge in [0.1, 0.15) is 5.82 Å². The van der Waals surface area contributed by atoms with Gasteiger partial charge in [-0.3, -0.25) is 0 Å². The Morgan fingerprint density at radius 3 is 2.06 bits per heavy atom. The summed E-state index contributed by atoms with van der Waals surface area (Å²) in [5, 5.41) is 0.185. The van der Waals surface area contributed by atoms with Gasteiger partial charge >= 0.3 is 0 Å². The van der Waals surface area contributed by atoms with E-state index in [0.29, 0.717) is 0 Å². The highest BCUT2D eigenvalue weighted by Gasteiger charge is 2.01. The van der Waals surface area contributed by atoms with Gasteiger partial charge in [-0.05, 0) is 36.6 Å². The molecule has 0 aliphatic carbocycles. The molecular formula is C16H18ClF. The van der Waals surface area contributed by atoms with E-state index in [1.54, 1.807) is 12.1 Å². The maximum absolute atomic E-state index is 13.0. The molecule has 0 nitrogen and oxygen atoms in total. The van der Waals surface area contributed by atoms with Crippen LogP contribution in [0.4, 0.5) is 4.39 Å². The predicted octanol–water partition coefficient (Wildman–Crippen LogP) is 5.40. The van der Waals surface area contributed by atoms with Gasteiger partial charge in [-0.1, -0.05) is 61.3 Å². The second-order valence-electron chi connectivity index (χ2n) is 3.91. The van der Waals surface area contributed by atoms with Crippen molar-refractivity contribution in [3.8, 4) is 0 Å². The van der Waals surface area contributed by atoms with Crippen LogP contribution < -0.4 is 0 Å². The highest BCUT2D eigenvalue weighted by atomic mass is 35.5. The standard InChI is InChI=1S/C14H12ClF.C2H6/c1-10-2-4-11(5-3-10)8-12-6-7-14(16)13(15)9-12;1-2/h2-7,9H,8H2,1H3;1-2H3. The molecule has 0 aliphatic rings. The second kappa shape index (κ2) is 7.17. The quantitative estimate of drug-likeness (QED) is 0.681. The van der Waals surface area contributed by atoms with Crippen LogP contribution in [0.25, 0.3) is 0 Å². The maximum atomic E-state index is 13.0. The molecule has 0 aromatic heterocycles. The highest BCUT2D eigenvalue weighted by molar-refractivity contribution is 6.30. The van der Waals surface area contributed by atoms with E-state index in [-0.39, 0.29) is 10.8 Å². The van der Waals surface area contributed by atoms with E-state index in [2.05, 4.69) is 31.2 Å². The molecule has 2 aromatic carbocycles. The second-order valence-corrected chi connectivity index (χ2v) is 4.32. The van der Waals surface area contributed by atoms with Crippen LogP contribution in [0.3, 0.4) is 0 Å². The first-order valence-electron chi connectivity index (χ1n) is 6.14. The van der Waals surface area contributed by atoms with Crippen LogP contribution in [0, 0.1) is 12.7 Å². The van der Waals surface area contributed by atoms with Crippen molar-refractivity contribution in [3.05, 3.63) is 70.0 Å². The number of benzene rings is 2. The Hall–Kier alpha value is -1.34. The number of halogens is 2. The largest absolute Gasteiger partial charge is 0.205 e. The van der Waals surface area contributed by atoms with E-state index >= 15 is 0 Å². The SMILES string of the molecule is CC.Cc1ccc(Cc2ccc(F)c(Cl)c2)cc1. The molecule has 0 unspecified atom stereocenters. The lowest BCUT2D eigenvalue weighted by atomic mass is 10.0.